The first-order chi connectivity index (χ1) is 10.8. The van der Waals surface area contributed by atoms with Crippen molar-refractivity contribution in [3.8, 4) is 17.3 Å². The maximum absolute atomic E-state index is 5.82. The first kappa shape index (κ1) is 20.6. The van der Waals surface area contributed by atoms with Crippen molar-refractivity contribution in [2.75, 3.05) is 39.5 Å². The summed E-state index contributed by atoms with van der Waals surface area (Å²) < 4.78 is 11.2. The van der Waals surface area contributed by atoms with Crippen LogP contribution in [0.1, 0.15) is 5.69 Å². The average molecular weight is 372 g/mol. The van der Waals surface area contributed by atoms with E-state index in [-0.39, 0.29) is 24.8 Å². The van der Waals surface area contributed by atoms with Crippen molar-refractivity contribution in [1.29, 1.82) is 0 Å². The van der Waals surface area contributed by atoms with Crippen molar-refractivity contribution in [1.82, 2.24) is 14.9 Å². The fraction of sp³-hybridized carbons (Fsp3) is 0.412. The van der Waals surface area contributed by atoms with Gasteiger partial charge in [-0.1, -0.05) is 30.3 Å². The summed E-state index contributed by atoms with van der Waals surface area (Å²) in [4.78, 5) is 11.3. The third-order valence-corrected chi connectivity index (χ3v) is 3.62. The molecule has 0 bridgehead atoms. The van der Waals surface area contributed by atoms with Gasteiger partial charge >= 0.3 is 0 Å². The molecule has 2 aromatic rings. The van der Waals surface area contributed by atoms with Gasteiger partial charge in [0.2, 0.25) is 5.88 Å². The smallest absolute Gasteiger partial charge is 0.217 e. The van der Waals surface area contributed by atoms with Gasteiger partial charge in [0, 0.05) is 37.0 Å². The van der Waals surface area contributed by atoms with Crippen LogP contribution >= 0.6 is 24.8 Å². The van der Waals surface area contributed by atoms with Gasteiger partial charge in [-0.15, -0.1) is 24.8 Å². The average Bonchev–Trinajstić information content (AvgIpc) is 2.56. The minimum Gasteiger partial charge on any atom is -0.476 e. The Morgan fingerprint density at radius 1 is 1.08 bits per heavy atom. The lowest BCUT2D eigenvalue weighted by atomic mass is 10.2. The summed E-state index contributed by atoms with van der Waals surface area (Å²) >= 11 is 0. The zero-order valence-electron chi connectivity index (χ0n) is 13.7. The lowest BCUT2D eigenvalue weighted by Crippen LogP contribution is -2.38. The Bertz CT molecular complexity index is 608. The Balaban J connectivity index is 0.00000144. The second-order valence-corrected chi connectivity index (χ2v) is 5.34. The molecule has 0 N–H and O–H groups in total. The Hall–Kier alpha value is -1.40. The van der Waals surface area contributed by atoms with Crippen molar-refractivity contribution in [2.24, 2.45) is 0 Å². The molecule has 1 aliphatic heterocycles. The molecule has 132 valence electrons. The molecule has 0 spiro atoms. The van der Waals surface area contributed by atoms with Gasteiger partial charge in [0.05, 0.1) is 13.2 Å². The van der Waals surface area contributed by atoms with Gasteiger partial charge in [-0.2, -0.15) is 4.98 Å². The molecular formula is C17H23Cl2N3O2. The van der Waals surface area contributed by atoms with Crippen LogP contribution < -0.4 is 4.74 Å². The maximum atomic E-state index is 5.82. The lowest BCUT2D eigenvalue weighted by molar-refractivity contribution is 0.0320. The molecule has 0 aliphatic carbocycles. The second-order valence-electron chi connectivity index (χ2n) is 5.34. The summed E-state index contributed by atoms with van der Waals surface area (Å²) in [5.74, 6) is 1.35. The fourth-order valence-electron chi connectivity index (χ4n) is 2.43. The van der Waals surface area contributed by atoms with Gasteiger partial charge in [-0.25, -0.2) is 4.98 Å². The number of nitrogens with zero attached hydrogens (tertiary/aromatic N) is 3. The predicted molar refractivity (Wildman–Crippen MR) is 99.5 cm³/mol. The summed E-state index contributed by atoms with van der Waals surface area (Å²) in [6, 6.07) is 11.9. The van der Waals surface area contributed by atoms with E-state index < -0.39 is 0 Å². The van der Waals surface area contributed by atoms with E-state index in [9.17, 15) is 0 Å². The number of aromatic nitrogens is 2. The minimum atomic E-state index is 0. The summed E-state index contributed by atoms with van der Waals surface area (Å²) in [5.41, 5.74) is 1.92. The van der Waals surface area contributed by atoms with Crippen LogP contribution in [0.4, 0.5) is 0 Å². The zero-order valence-corrected chi connectivity index (χ0v) is 15.3. The molecule has 5 nitrogen and oxygen atoms in total. The zero-order chi connectivity index (χ0) is 15.2. The number of aryl methyl sites for hydroxylation is 1. The van der Waals surface area contributed by atoms with Gasteiger partial charge < -0.3 is 9.47 Å². The Morgan fingerprint density at radius 3 is 2.50 bits per heavy atom. The molecule has 0 saturated carbocycles. The molecule has 0 radical (unpaired) electrons. The van der Waals surface area contributed by atoms with Crippen LogP contribution in [0.3, 0.4) is 0 Å². The van der Waals surface area contributed by atoms with Crippen LogP contribution in [0.25, 0.3) is 11.4 Å². The molecule has 1 fully saturated rings. The third kappa shape index (κ3) is 5.91. The van der Waals surface area contributed by atoms with Crippen molar-refractivity contribution in [2.45, 2.75) is 6.92 Å². The molecule has 7 heteroatoms. The Kier molecular flexibility index (Phi) is 9.00. The topological polar surface area (TPSA) is 47.5 Å². The highest BCUT2D eigenvalue weighted by Crippen LogP contribution is 2.18. The van der Waals surface area contributed by atoms with Gasteiger partial charge in [0.25, 0.3) is 0 Å². The van der Waals surface area contributed by atoms with E-state index in [1.807, 2.05) is 43.3 Å². The first-order valence-electron chi connectivity index (χ1n) is 7.65. The molecule has 1 saturated heterocycles. The number of rotatable bonds is 5. The number of benzene rings is 1. The number of halogens is 2. The highest BCUT2D eigenvalue weighted by atomic mass is 35.5. The van der Waals surface area contributed by atoms with Crippen LogP contribution in [0.5, 0.6) is 5.88 Å². The van der Waals surface area contributed by atoms with Crippen molar-refractivity contribution < 1.29 is 9.47 Å². The van der Waals surface area contributed by atoms with Crippen LogP contribution in [0.2, 0.25) is 0 Å². The van der Waals surface area contributed by atoms with Gasteiger partial charge in [-0.05, 0) is 6.92 Å². The summed E-state index contributed by atoms with van der Waals surface area (Å²) in [6.07, 6.45) is 0. The molecule has 2 heterocycles. The first-order valence-corrected chi connectivity index (χ1v) is 7.65. The van der Waals surface area contributed by atoms with E-state index in [1.54, 1.807) is 0 Å². The van der Waals surface area contributed by atoms with E-state index in [1.165, 1.54) is 0 Å². The van der Waals surface area contributed by atoms with E-state index >= 15 is 0 Å². The molecule has 1 aromatic heterocycles. The molecule has 3 rings (SSSR count). The Morgan fingerprint density at radius 2 is 1.79 bits per heavy atom. The van der Waals surface area contributed by atoms with E-state index in [0.717, 1.165) is 44.1 Å². The summed E-state index contributed by atoms with van der Waals surface area (Å²) in [6.45, 7) is 7.05. The summed E-state index contributed by atoms with van der Waals surface area (Å²) in [5, 5.41) is 0. The SMILES string of the molecule is Cc1cc(OCCN2CCOCC2)nc(-c2ccccc2)n1.Cl.Cl. The number of ether oxygens (including phenoxy) is 2. The van der Waals surface area contributed by atoms with Gasteiger partial charge in [0.15, 0.2) is 5.82 Å². The van der Waals surface area contributed by atoms with Crippen molar-refractivity contribution >= 4 is 24.8 Å². The second kappa shape index (κ2) is 10.5. The normalized spacial score (nSPS) is 14.4. The molecule has 0 unspecified atom stereocenters. The number of hydrogen-bond donors (Lipinski definition) is 0. The van der Waals surface area contributed by atoms with E-state index in [0.29, 0.717) is 18.3 Å². The third-order valence-electron chi connectivity index (χ3n) is 3.62. The molecule has 1 aliphatic rings. The van der Waals surface area contributed by atoms with Gasteiger partial charge in [0.1, 0.15) is 6.61 Å². The standard InChI is InChI=1S/C17H21N3O2.2ClH/c1-14-13-16(22-12-9-20-7-10-21-11-8-20)19-17(18-14)15-5-3-2-4-6-15;;/h2-6,13H,7-12H2,1H3;2*1H. The monoisotopic (exact) mass is 371 g/mol. The number of hydrogen-bond acceptors (Lipinski definition) is 5. The van der Waals surface area contributed by atoms with Crippen LogP contribution in [-0.4, -0.2) is 54.3 Å². The van der Waals surface area contributed by atoms with Crippen molar-refractivity contribution in [3.05, 3.63) is 42.1 Å². The largest absolute Gasteiger partial charge is 0.476 e. The summed E-state index contributed by atoms with van der Waals surface area (Å²) in [7, 11) is 0. The quantitative estimate of drug-likeness (QED) is 0.808. The van der Waals surface area contributed by atoms with Crippen LogP contribution in [-0.2, 0) is 4.74 Å². The van der Waals surface area contributed by atoms with Crippen molar-refractivity contribution in [3.63, 3.8) is 0 Å². The molecule has 0 atom stereocenters. The highest BCUT2D eigenvalue weighted by molar-refractivity contribution is 5.85. The molecular weight excluding hydrogens is 349 g/mol. The van der Waals surface area contributed by atoms with Gasteiger partial charge in [-0.3, -0.25) is 4.90 Å². The predicted octanol–water partition coefficient (Wildman–Crippen LogP) is 3.01. The van der Waals surface area contributed by atoms with E-state index in [2.05, 4.69) is 14.9 Å². The lowest BCUT2D eigenvalue weighted by Gasteiger charge is -2.26. The highest BCUT2D eigenvalue weighted by Gasteiger charge is 2.10. The van der Waals surface area contributed by atoms with Crippen LogP contribution in [0, 0.1) is 6.92 Å². The Labute approximate surface area is 155 Å². The molecule has 24 heavy (non-hydrogen) atoms. The molecule has 0 amide bonds. The molecule has 1 aromatic carbocycles. The number of morpholine rings is 1. The minimum absolute atomic E-state index is 0. The van der Waals surface area contributed by atoms with Crippen LogP contribution in [0.15, 0.2) is 36.4 Å². The fourth-order valence-corrected chi connectivity index (χ4v) is 2.43. The van der Waals surface area contributed by atoms with E-state index in [4.69, 9.17) is 9.47 Å². The maximum Gasteiger partial charge on any atom is 0.217 e.